The molecule has 0 spiro atoms. The number of aromatic carboxylic acids is 1. The highest BCUT2D eigenvalue weighted by Crippen LogP contribution is 2.44. The number of carbonyl (C=O) groups is 1. The lowest BCUT2D eigenvalue weighted by molar-refractivity contribution is 0.0697. The van der Waals surface area contributed by atoms with E-state index < -0.39 is 5.97 Å². The van der Waals surface area contributed by atoms with E-state index in [4.69, 9.17) is 28.2 Å². The molecule has 0 amide bonds. The number of aromatic nitrogens is 1. The van der Waals surface area contributed by atoms with Crippen molar-refractivity contribution in [3.05, 3.63) is 76.8 Å². The lowest BCUT2D eigenvalue weighted by Gasteiger charge is -2.31. The number of pyridine rings is 1. The monoisotopic (exact) mass is 467 g/mol. The molecule has 1 aliphatic heterocycles. The molecule has 6 nitrogen and oxygen atoms in total. The van der Waals surface area contributed by atoms with Crippen molar-refractivity contribution in [3.63, 3.8) is 0 Å². The Kier molecular flexibility index (Phi) is 5.61. The molecule has 1 aliphatic carbocycles. The number of nitrogens with one attached hydrogen (secondary N) is 1. The van der Waals surface area contributed by atoms with Crippen molar-refractivity contribution >= 4 is 34.9 Å². The van der Waals surface area contributed by atoms with Crippen LogP contribution in [0.3, 0.4) is 0 Å². The van der Waals surface area contributed by atoms with E-state index >= 15 is 0 Å². The molecule has 2 fully saturated rings. The number of hydrogen-bond acceptors (Lipinski definition) is 4. The Balaban J connectivity index is 1.56. The van der Waals surface area contributed by atoms with Crippen molar-refractivity contribution in [2.75, 3.05) is 0 Å². The number of carboxylic acid groups (broad SMARTS) is 1. The van der Waals surface area contributed by atoms with E-state index in [1.54, 1.807) is 12.3 Å². The summed E-state index contributed by atoms with van der Waals surface area (Å²) in [6.07, 6.45) is 6.33. The molecule has 0 unspecified atom stereocenters. The molecule has 0 radical (unpaired) electrons. The van der Waals surface area contributed by atoms with Crippen molar-refractivity contribution < 1.29 is 14.3 Å². The Labute approximate surface area is 196 Å². The fraction of sp³-hybridized carbons (Fsp3) is 0.292. The van der Waals surface area contributed by atoms with Crippen LogP contribution in [0, 0.1) is 0 Å². The minimum atomic E-state index is -1.01. The molecule has 3 heterocycles. The predicted octanol–water partition coefficient (Wildman–Crippen LogP) is 5.61. The van der Waals surface area contributed by atoms with E-state index in [-0.39, 0.29) is 17.6 Å². The molecular weight excluding hydrogens is 446 g/mol. The van der Waals surface area contributed by atoms with Crippen LogP contribution in [0.2, 0.25) is 5.02 Å². The lowest BCUT2D eigenvalue weighted by atomic mass is 10.0. The highest BCUT2D eigenvalue weighted by molar-refractivity contribution is 7.80. The van der Waals surface area contributed by atoms with Crippen molar-refractivity contribution in [1.82, 2.24) is 15.2 Å². The molecule has 164 valence electrons. The standard InChI is InChI=1S/C24H22ClN3O3S/c25-17-9-8-14(23(29)30)13-16(17)19-10-11-20(31-19)22-21(18-7-3-4-12-26-18)27-24(32)28(22)15-5-1-2-6-15/h3-4,7-13,15,21-22H,1-2,5-6H2,(H,27,32)(H,29,30)/t21-,22+/m1/s1. The van der Waals surface area contributed by atoms with E-state index in [1.807, 2.05) is 30.3 Å². The van der Waals surface area contributed by atoms with E-state index in [9.17, 15) is 9.90 Å². The van der Waals surface area contributed by atoms with Crippen LogP contribution in [0.15, 0.2) is 59.1 Å². The number of furan rings is 1. The summed E-state index contributed by atoms with van der Waals surface area (Å²) in [5.41, 5.74) is 1.60. The maximum absolute atomic E-state index is 11.4. The van der Waals surface area contributed by atoms with E-state index in [1.165, 1.54) is 25.0 Å². The average molecular weight is 468 g/mol. The summed E-state index contributed by atoms with van der Waals surface area (Å²) >= 11 is 12.1. The molecular formula is C24H22ClN3O3S. The lowest BCUT2D eigenvalue weighted by Crippen LogP contribution is -2.37. The second-order valence-electron chi connectivity index (χ2n) is 8.17. The van der Waals surface area contributed by atoms with Gasteiger partial charge in [0.1, 0.15) is 17.6 Å². The van der Waals surface area contributed by atoms with Crippen LogP contribution in [0.4, 0.5) is 0 Å². The van der Waals surface area contributed by atoms with Gasteiger partial charge in [0.25, 0.3) is 0 Å². The SMILES string of the molecule is O=C(O)c1ccc(Cl)c(-c2ccc([C@H]3[C@@H](c4ccccn4)NC(=S)N3C3CCCC3)o2)c1. The smallest absolute Gasteiger partial charge is 0.335 e. The van der Waals surface area contributed by atoms with Crippen LogP contribution in [0.1, 0.15) is 59.6 Å². The van der Waals surface area contributed by atoms with E-state index in [2.05, 4.69) is 15.2 Å². The average Bonchev–Trinajstić information content (AvgIpc) is 3.54. The fourth-order valence-corrected chi connectivity index (χ4v) is 5.35. The van der Waals surface area contributed by atoms with Gasteiger partial charge in [-0.3, -0.25) is 4.98 Å². The molecule has 2 aromatic heterocycles. The fourth-order valence-electron chi connectivity index (χ4n) is 4.75. The van der Waals surface area contributed by atoms with Gasteiger partial charge in [-0.05, 0) is 67.5 Å². The maximum atomic E-state index is 11.4. The van der Waals surface area contributed by atoms with Crippen LogP contribution in [0.25, 0.3) is 11.3 Å². The number of carboxylic acids is 1. The summed E-state index contributed by atoms with van der Waals surface area (Å²) in [7, 11) is 0. The zero-order valence-electron chi connectivity index (χ0n) is 17.2. The Morgan fingerprint density at radius 1 is 1.19 bits per heavy atom. The number of halogens is 1. The first-order valence-electron chi connectivity index (χ1n) is 10.7. The molecule has 1 aromatic carbocycles. The van der Waals surface area contributed by atoms with Gasteiger partial charge in [0.2, 0.25) is 0 Å². The van der Waals surface area contributed by atoms with Crippen molar-refractivity contribution in [3.8, 4) is 11.3 Å². The van der Waals surface area contributed by atoms with E-state index in [0.717, 1.165) is 24.3 Å². The summed E-state index contributed by atoms with van der Waals surface area (Å²) in [5.74, 6) is 0.256. The van der Waals surface area contributed by atoms with Gasteiger partial charge < -0.3 is 19.7 Å². The molecule has 1 saturated heterocycles. The first-order chi connectivity index (χ1) is 15.5. The summed E-state index contributed by atoms with van der Waals surface area (Å²) < 4.78 is 6.31. The normalized spacial score (nSPS) is 21.2. The van der Waals surface area contributed by atoms with Gasteiger partial charge in [0.05, 0.1) is 22.3 Å². The second kappa shape index (κ2) is 8.56. The minimum absolute atomic E-state index is 0.149. The zero-order chi connectivity index (χ0) is 22.2. The third kappa shape index (κ3) is 3.76. The predicted molar refractivity (Wildman–Crippen MR) is 126 cm³/mol. The number of nitrogens with zero attached hydrogens (tertiary/aromatic N) is 2. The topological polar surface area (TPSA) is 78.6 Å². The Hall–Kier alpha value is -2.90. The molecule has 2 aliphatic rings. The van der Waals surface area contributed by atoms with Crippen LogP contribution in [-0.4, -0.2) is 32.1 Å². The number of thiocarbonyl (C=S) groups is 1. The highest BCUT2D eigenvalue weighted by atomic mass is 35.5. The maximum Gasteiger partial charge on any atom is 0.335 e. The van der Waals surface area contributed by atoms with Gasteiger partial charge in [-0.15, -0.1) is 0 Å². The van der Waals surface area contributed by atoms with Crippen LogP contribution in [0.5, 0.6) is 0 Å². The number of hydrogen-bond donors (Lipinski definition) is 2. The van der Waals surface area contributed by atoms with E-state index in [0.29, 0.717) is 27.5 Å². The Morgan fingerprint density at radius 2 is 2.00 bits per heavy atom. The number of rotatable bonds is 5. The molecule has 5 rings (SSSR count). The van der Waals surface area contributed by atoms with Gasteiger partial charge in [0, 0.05) is 17.8 Å². The third-order valence-corrected chi connectivity index (χ3v) is 6.91. The quantitative estimate of drug-likeness (QED) is 0.472. The summed E-state index contributed by atoms with van der Waals surface area (Å²) in [6.45, 7) is 0. The van der Waals surface area contributed by atoms with Crippen molar-refractivity contribution in [1.29, 1.82) is 0 Å². The molecule has 0 bridgehead atoms. The Bertz CT molecular complexity index is 1160. The largest absolute Gasteiger partial charge is 0.478 e. The third-order valence-electron chi connectivity index (χ3n) is 6.25. The minimum Gasteiger partial charge on any atom is -0.478 e. The first kappa shape index (κ1) is 21.0. The molecule has 2 atom stereocenters. The molecule has 8 heteroatoms. The highest BCUT2D eigenvalue weighted by Gasteiger charge is 2.45. The van der Waals surface area contributed by atoms with Crippen LogP contribution in [-0.2, 0) is 0 Å². The van der Waals surface area contributed by atoms with Gasteiger partial charge in [-0.1, -0.05) is 30.5 Å². The van der Waals surface area contributed by atoms with Crippen molar-refractivity contribution in [2.24, 2.45) is 0 Å². The summed E-state index contributed by atoms with van der Waals surface area (Å²) in [4.78, 5) is 18.3. The van der Waals surface area contributed by atoms with Gasteiger partial charge in [0.15, 0.2) is 5.11 Å². The van der Waals surface area contributed by atoms with Crippen LogP contribution >= 0.6 is 23.8 Å². The molecule has 2 N–H and O–H groups in total. The Morgan fingerprint density at radius 3 is 2.72 bits per heavy atom. The molecule has 3 aromatic rings. The van der Waals surface area contributed by atoms with Crippen LogP contribution < -0.4 is 5.32 Å². The van der Waals surface area contributed by atoms with Gasteiger partial charge in [-0.2, -0.15) is 0 Å². The second-order valence-corrected chi connectivity index (χ2v) is 8.97. The summed E-state index contributed by atoms with van der Waals surface area (Å²) in [5, 5.41) is 14.0. The molecule has 1 saturated carbocycles. The first-order valence-corrected chi connectivity index (χ1v) is 11.4. The van der Waals surface area contributed by atoms with Gasteiger partial charge in [-0.25, -0.2) is 4.79 Å². The van der Waals surface area contributed by atoms with Crippen molar-refractivity contribution in [2.45, 2.75) is 43.8 Å². The van der Waals surface area contributed by atoms with Gasteiger partial charge >= 0.3 is 5.97 Å². The zero-order valence-corrected chi connectivity index (χ0v) is 18.8. The summed E-state index contributed by atoms with van der Waals surface area (Å²) in [6, 6.07) is 14.3. The molecule has 32 heavy (non-hydrogen) atoms. The number of benzene rings is 1.